The molecule has 5 heteroatoms. The van der Waals surface area contributed by atoms with Crippen molar-refractivity contribution in [2.45, 2.75) is 13.8 Å². The van der Waals surface area contributed by atoms with Crippen LogP contribution in [0.4, 0.5) is 0 Å². The quantitative estimate of drug-likeness (QED) is 0.597. The molecule has 0 heterocycles. The van der Waals surface area contributed by atoms with Crippen LogP contribution in [0.2, 0.25) is 0 Å². The first-order valence-corrected chi connectivity index (χ1v) is 4.55. The van der Waals surface area contributed by atoms with Gasteiger partial charge in [0.25, 0.3) is 5.78 Å². The molecular formula is C11H12O5. The molecule has 0 bridgehead atoms. The van der Waals surface area contributed by atoms with Gasteiger partial charge in [0.05, 0.1) is 12.7 Å². The van der Waals surface area contributed by atoms with Crippen LogP contribution >= 0.6 is 0 Å². The average molecular weight is 224 g/mol. The molecular weight excluding hydrogens is 212 g/mol. The Morgan fingerprint density at radius 2 is 1.88 bits per heavy atom. The largest absolute Gasteiger partial charge is 0.504 e. The van der Waals surface area contributed by atoms with Gasteiger partial charge in [-0.2, -0.15) is 0 Å². The summed E-state index contributed by atoms with van der Waals surface area (Å²) in [5.41, 5.74) is 1.09. The Morgan fingerprint density at radius 1 is 1.31 bits per heavy atom. The maximum absolute atomic E-state index is 11.3. The van der Waals surface area contributed by atoms with Gasteiger partial charge in [-0.25, -0.2) is 4.79 Å². The minimum absolute atomic E-state index is 0.129. The normalized spacial score (nSPS) is 9.94. The molecule has 0 spiro atoms. The van der Waals surface area contributed by atoms with Gasteiger partial charge in [0.1, 0.15) is 0 Å². The number of ketones is 1. The van der Waals surface area contributed by atoms with E-state index in [1.165, 1.54) is 13.2 Å². The fourth-order valence-corrected chi connectivity index (χ4v) is 1.41. The molecule has 1 aromatic rings. The Balaban J connectivity index is 3.48. The molecule has 0 radical (unpaired) electrons. The Bertz CT molecular complexity index is 462. The molecule has 86 valence electrons. The zero-order valence-corrected chi connectivity index (χ0v) is 9.20. The van der Waals surface area contributed by atoms with E-state index in [0.29, 0.717) is 11.1 Å². The van der Waals surface area contributed by atoms with E-state index >= 15 is 0 Å². The van der Waals surface area contributed by atoms with E-state index < -0.39 is 17.5 Å². The first kappa shape index (κ1) is 12.0. The van der Waals surface area contributed by atoms with Gasteiger partial charge in [0, 0.05) is 0 Å². The number of carboxylic acid groups (broad SMARTS) is 1. The van der Waals surface area contributed by atoms with Gasteiger partial charge in [-0.1, -0.05) is 0 Å². The van der Waals surface area contributed by atoms with Crippen LogP contribution in [0.1, 0.15) is 21.5 Å². The molecule has 0 aliphatic carbocycles. The predicted octanol–water partition coefficient (Wildman–Crippen LogP) is 1.28. The number of phenols is 1. The van der Waals surface area contributed by atoms with Crippen LogP contribution < -0.4 is 4.74 Å². The van der Waals surface area contributed by atoms with Crippen molar-refractivity contribution in [3.05, 3.63) is 22.8 Å². The lowest BCUT2D eigenvalue weighted by molar-refractivity contribution is -0.131. The molecule has 16 heavy (non-hydrogen) atoms. The Morgan fingerprint density at radius 3 is 2.31 bits per heavy atom. The zero-order chi connectivity index (χ0) is 12.5. The average Bonchev–Trinajstić information content (AvgIpc) is 2.23. The van der Waals surface area contributed by atoms with E-state index in [2.05, 4.69) is 0 Å². The molecule has 0 aliphatic heterocycles. The van der Waals surface area contributed by atoms with Crippen LogP contribution in [0.25, 0.3) is 0 Å². The standard InChI is InChI=1S/C11H12O5/c1-5-4-7(9(13)11(14)15)8(12)10(16-3)6(5)2/h4,12H,1-3H3,(H,14,15). The fourth-order valence-electron chi connectivity index (χ4n) is 1.41. The lowest BCUT2D eigenvalue weighted by Crippen LogP contribution is -2.13. The molecule has 0 unspecified atom stereocenters. The number of rotatable bonds is 3. The van der Waals surface area contributed by atoms with Crippen LogP contribution in [0.5, 0.6) is 11.5 Å². The maximum Gasteiger partial charge on any atom is 0.377 e. The molecule has 0 aromatic heterocycles. The van der Waals surface area contributed by atoms with Gasteiger partial charge in [-0.05, 0) is 31.0 Å². The summed E-state index contributed by atoms with van der Waals surface area (Å²) in [7, 11) is 1.34. The molecule has 0 fully saturated rings. The van der Waals surface area contributed by atoms with Gasteiger partial charge in [0.15, 0.2) is 11.5 Å². The molecule has 1 rings (SSSR count). The third kappa shape index (κ3) is 1.84. The molecule has 2 N–H and O–H groups in total. The summed E-state index contributed by atoms with van der Waals surface area (Å²) in [5, 5.41) is 18.3. The Hall–Kier alpha value is -2.04. The van der Waals surface area contributed by atoms with Crippen LogP contribution in [0, 0.1) is 13.8 Å². The highest BCUT2D eigenvalue weighted by molar-refractivity contribution is 6.40. The molecule has 5 nitrogen and oxygen atoms in total. The summed E-state index contributed by atoms with van der Waals surface area (Å²) < 4.78 is 4.93. The topological polar surface area (TPSA) is 83.8 Å². The molecule has 1 aromatic carbocycles. The second kappa shape index (κ2) is 4.22. The fraction of sp³-hybridized carbons (Fsp3) is 0.273. The summed E-state index contributed by atoms with van der Waals surface area (Å²) in [5.74, 6) is -3.07. The second-order valence-corrected chi connectivity index (χ2v) is 3.38. The third-order valence-corrected chi connectivity index (χ3v) is 2.41. The number of hydrogen-bond donors (Lipinski definition) is 2. The SMILES string of the molecule is COc1c(C)c(C)cc(C(=O)C(=O)O)c1O. The number of aryl methyl sites for hydroxylation is 1. The van der Waals surface area contributed by atoms with Crippen LogP contribution in [0.3, 0.4) is 0 Å². The minimum atomic E-state index is -1.61. The van der Waals surface area contributed by atoms with E-state index in [4.69, 9.17) is 9.84 Å². The number of carbonyl (C=O) groups is 2. The summed E-state index contributed by atoms with van der Waals surface area (Å²) >= 11 is 0. The van der Waals surface area contributed by atoms with Crippen molar-refractivity contribution in [3.63, 3.8) is 0 Å². The van der Waals surface area contributed by atoms with Crippen molar-refractivity contribution in [1.82, 2.24) is 0 Å². The lowest BCUT2D eigenvalue weighted by Gasteiger charge is -2.12. The molecule has 0 amide bonds. The van der Waals surface area contributed by atoms with Gasteiger partial charge in [-0.3, -0.25) is 4.79 Å². The highest BCUT2D eigenvalue weighted by atomic mass is 16.5. The van der Waals surface area contributed by atoms with Crippen molar-refractivity contribution < 1.29 is 24.5 Å². The van der Waals surface area contributed by atoms with E-state index in [1.54, 1.807) is 13.8 Å². The third-order valence-electron chi connectivity index (χ3n) is 2.41. The summed E-state index contributed by atoms with van der Waals surface area (Å²) in [6.07, 6.45) is 0. The van der Waals surface area contributed by atoms with E-state index in [-0.39, 0.29) is 11.3 Å². The zero-order valence-electron chi connectivity index (χ0n) is 9.20. The second-order valence-electron chi connectivity index (χ2n) is 3.38. The number of phenolic OH excluding ortho intramolecular Hbond substituents is 1. The van der Waals surface area contributed by atoms with E-state index in [1.807, 2.05) is 0 Å². The van der Waals surface area contributed by atoms with Crippen LogP contribution in [-0.2, 0) is 4.79 Å². The predicted molar refractivity (Wildman–Crippen MR) is 56.1 cm³/mol. The Kier molecular flexibility index (Phi) is 3.17. The van der Waals surface area contributed by atoms with Gasteiger partial charge < -0.3 is 14.9 Å². The van der Waals surface area contributed by atoms with Crippen LogP contribution in [-0.4, -0.2) is 29.1 Å². The highest BCUT2D eigenvalue weighted by Crippen LogP contribution is 2.35. The number of carbonyl (C=O) groups excluding carboxylic acids is 1. The van der Waals surface area contributed by atoms with Gasteiger partial charge in [-0.15, -0.1) is 0 Å². The number of carboxylic acids is 1. The number of ether oxygens (including phenoxy) is 1. The summed E-state index contributed by atoms with van der Waals surface area (Å²) in [6, 6.07) is 1.34. The number of benzene rings is 1. The van der Waals surface area contributed by atoms with Crippen molar-refractivity contribution in [1.29, 1.82) is 0 Å². The van der Waals surface area contributed by atoms with Crippen molar-refractivity contribution >= 4 is 11.8 Å². The lowest BCUT2D eigenvalue weighted by atomic mass is 10.0. The summed E-state index contributed by atoms with van der Waals surface area (Å²) in [4.78, 5) is 21.8. The number of Topliss-reactive ketones (excluding diaryl/α,β-unsaturated/α-hetero) is 1. The van der Waals surface area contributed by atoms with Gasteiger partial charge in [0.2, 0.25) is 0 Å². The van der Waals surface area contributed by atoms with E-state index in [9.17, 15) is 14.7 Å². The Labute approximate surface area is 92.3 Å². The maximum atomic E-state index is 11.3. The first-order valence-electron chi connectivity index (χ1n) is 4.55. The number of aliphatic carboxylic acids is 1. The first-order chi connectivity index (χ1) is 7.40. The number of aromatic hydroxyl groups is 1. The van der Waals surface area contributed by atoms with Crippen molar-refractivity contribution in [2.24, 2.45) is 0 Å². The summed E-state index contributed by atoms with van der Waals surface area (Å²) in [6.45, 7) is 3.42. The molecule has 0 aliphatic rings. The monoisotopic (exact) mass is 224 g/mol. The minimum Gasteiger partial charge on any atom is -0.504 e. The number of hydrogen-bond acceptors (Lipinski definition) is 4. The van der Waals surface area contributed by atoms with Crippen LogP contribution in [0.15, 0.2) is 6.07 Å². The highest BCUT2D eigenvalue weighted by Gasteiger charge is 2.23. The van der Waals surface area contributed by atoms with Crippen molar-refractivity contribution in [3.8, 4) is 11.5 Å². The number of methoxy groups -OCH3 is 1. The molecule has 0 saturated carbocycles. The van der Waals surface area contributed by atoms with Crippen molar-refractivity contribution in [2.75, 3.05) is 7.11 Å². The molecule has 0 saturated heterocycles. The smallest absolute Gasteiger partial charge is 0.377 e. The van der Waals surface area contributed by atoms with Gasteiger partial charge >= 0.3 is 5.97 Å². The van der Waals surface area contributed by atoms with E-state index in [0.717, 1.165) is 0 Å². The molecule has 0 atom stereocenters.